The van der Waals surface area contributed by atoms with Gasteiger partial charge in [0.05, 0.1) is 13.2 Å². The number of aryl methyl sites for hydroxylation is 1. The molecule has 0 aromatic heterocycles. The molecule has 3 nitrogen and oxygen atoms in total. The van der Waals surface area contributed by atoms with Crippen molar-refractivity contribution < 1.29 is 4.74 Å². The standard InChI is InChI=1S/C15H17BrN2O/c1-10-6-7-14(19-2)13(8-10)15(18-17)11-4-3-5-12(16)9-11/h3-9,15,18H,17H2,1-2H3. The highest BCUT2D eigenvalue weighted by Crippen LogP contribution is 2.31. The minimum Gasteiger partial charge on any atom is -0.496 e. The van der Waals surface area contributed by atoms with Crippen LogP contribution in [-0.4, -0.2) is 7.11 Å². The Morgan fingerprint density at radius 3 is 2.63 bits per heavy atom. The molecule has 2 aromatic rings. The van der Waals surface area contributed by atoms with E-state index in [0.717, 1.165) is 21.3 Å². The maximum absolute atomic E-state index is 5.74. The van der Waals surface area contributed by atoms with Crippen LogP contribution in [0.25, 0.3) is 0 Å². The molecule has 0 radical (unpaired) electrons. The highest BCUT2D eigenvalue weighted by atomic mass is 79.9. The summed E-state index contributed by atoms with van der Waals surface area (Å²) in [5.41, 5.74) is 6.15. The summed E-state index contributed by atoms with van der Waals surface area (Å²) in [7, 11) is 1.67. The van der Waals surface area contributed by atoms with Crippen LogP contribution in [0.3, 0.4) is 0 Å². The van der Waals surface area contributed by atoms with Crippen molar-refractivity contribution in [3.05, 3.63) is 63.6 Å². The maximum atomic E-state index is 5.74. The van der Waals surface area contributed by atoms with Gasteiger partial charge in [-0.25, -0.2) is 5.43 Å². The van der Waals surface area contributed by atoms with E-state index in [4.69, 9.17) is 10.6 Å². The van der Waals surface area contributed by atoms with Crippen molar-refractivity contribution in [3.63, 3.8) is 0 Å². The molecule has 0 aliphatic heterocycles. The molecule has 0 spiro atoms. The smallest absolute Gasteiger partial charge is 0.124 e. The van der Waals surface area contributed by atoms with Crippen LogP contribution in [0.4, 0.5) is 0 Å². The fourth-order valence-electron chi connectivity index (χ4n) is 2.13. The van der Waals surface area contributed by atoms with Crippen LogP contribution in [0.15, 0.2) is 46.9 Å². The third-order valence-corrected chi connectivity index (χ3v) is 3.54. The number of hydrogen-bond acceptors (Lipinski definition) is 3. The van der Waals surface area contributed by atoms with E-state index in [1.165, 1.54) is 5.56 Å². The molecule has 0 saturated carbocycles. The van der Waals surface area contributed by atoms with Crippen molar-refractivity contribution in [1.82, 2.24) is 5.43 Å². The Hall–Kier alpha value is -1.36. The average molecular weight is 321 g/mol. The third-order valence-electron chi connectivity index (χ3n) is 3.04. The lowest BCUT2D eigenvalue weighted by molar-refractivity contribution is 0.404. The molecule has 0 fully saturated rings. The number of halogens is 1. The van der Waals surface area contributed by atoms with Crippen molar-refractivity contribution in [2.24, 2.45) is 5.84 Å². The zero-order valence-corrected chi connectivity index (χ0v) is 12.6. The Bertz CT molecular complexity index is 572. The number of nitrogens with two attached hydrogens (primary N) is 1. The van der Waals surface area contributed by atoms with E-state index >= 15 is 0 Å². The molecule has 1 unspecified atom stereocenters. The Labute approximate surface area is 121 Å². The summed E-state index contributed by atoms with van der Waals surface area (Å²) in [6.45, 7) is 2.05. The van der Waals surface area contributed by atoms with Crippen LogP contribution in [0.5, 0.6) is 5.75 Å². The highest BCUT2D eigenvalue weighted by molar-refractivity contribution is 9.10. The number of benzene rings is 2. The van der Waals surface area contributed by atoms with Gasteiger partial charge in [0.25, 0.3) is 0 Å². The molecular formula is C15H17BrN2O. The average Bonchev–Trinajstić information content (AvgIpc) is 2.40. The van der Waals surface area contributed by atoms with Crippen LogP contribution in [0, 0.1) is 6.92 Å². The number of hydrogen-bond donors (Lipinski definition) is 2. The van der Waals surface area contributed by atoms with Gasteiger partial charge < -0.3 is 4.74 Å². The molecular weight excluding hydrogens is 304 g/mol. The zero-order chi connectivity index (χ0) is 13.8. The van der Waals surface area contributed by atoms with Gasteiger partial charge in [0.15, 0.2) is 0 Å². The Morgan fingerprint density at radius 1 is 1.21 bits per heavy atom. The van der Waals surface area contributed by atoms with Gasteiger partial charge in [-0.1, -0.05) is 45.8 Å². The van der Waals surface area contributed by atoms with Crippen molar-refractivity contribution >= 4 is 15.9 Å². The van der Waals surface area contributed by atoms with E-state index in [1.807, 2.05) is 36.4 Å². The van der Waals surface area contributed by atoms with Gasteiger partial charge in [0.2, 0.25) is 0 Å². The second-order valence-electron chi connectivity index (χ2n) is 4.40. The molecule has 0 heterocycles. The molecule has 4 heteroatoms. The predicted octanol–water partition coefficient (Wildman–Crippen LogP) is 3.32. The Balaban J connectivity index is 2.50. The van der Waals surface area contributed by atoms with E-state index in [9.17, 15) is 0 Å². The van der Waals surface area contributed by atoms with E-state index in [2.05, 4.69) is 34.3 Å². The number of methoxy groups -OCH3 is 1. The number of rotatable bonds is 4. The Kier molecular flexibility index (Phi) is 4.58. The zero-order valence-electron chi connectivity index (χ0n) is 11.0. The van der Waals surface area contributed by atoms with Crippen LogP contribution >= 0.6 is 15.9 Å². The van der Waals surface area contributed by atoms with Crippen molar-refractivity contribution in [2.45, 2.75) is 13.0 Å². The summed E-state index contributed by atoms with van der Waals surface area (Å²) in [5, 5.41) is 0. The molecule has 0 aliphatic carbocycles. The first-order valence-corrected chi connectivity index (χ1v) is 6.81. The van der Waals surface area contributed by atoms with Crippen LogP contribution in [-0.2, 0) is 0 Å². The summed E-state index contributed by atoms with van der Waals surface area (Å²) in [5.74, 6) is 6.57. The molecule has 0 amide bonds. The van der Waals surface area contributed by atoms with E-state index < -0.39 is 0 Å². The molecule has 2 aromatic carbocycles. The molecule has 19 heavy (non-hydrogen) atoms. The molecule has 100 valence electrons. The van der Waals surface area contributed by atoms with Crippen molar-refractivity contribution in [3.8, 4) is 5.75 Å². The van der Waals surface area contributed by atoms with E-state index in [0.29, 0.717) is 0 Å². The topological polar surface area (TPSA) is 47.3 Å². The minimum absolute atomic E-state index is 0.104. The van der Waals surface area contributed by atoms with Gasteiger partial charge in [-0.05, 0) is 30.7 Å². The summed E-state index contributed by atoms with van der Waals surface area (Å²) in [4.78, 5) is 0. The first kappa shape index (κ1) is 14.1. The third kappa shape index (κ3) is 3.15. The molecule has 0 saturated heterocycles. The van der Waals surface area contributed by atoms with Crippen molar-refractivity contribution in [2.75, 3.05) is 7.11 Å². The van der Waals surface area contributed by atoms with Crippen LogP contribution < -0.4 is 16.0 Å². The van der Waals surface area contributed by atoms with E-state index in [-0.39, 0.29) is 6.04 Å². The molecule has 3 N–H and O–H groups in total. The quantitative estimate of drug-likeness (QED) is 0.671. The largest absolute Gasteiger partial charge is 0.496 e. The lowest BCUT2D eigenvalue weighted by atomic mass is 9.97. The summed E-state index contributed by atoms with van der Waals surface area (Å²) in [6.07, 6.45) is 0. The molecule has 1 atom stereocenters. The fraction of sp³-hybridized carbons (Fsp3) is 0.200. The van der Waals surface area contributed by atoms with Gasteiger partial charge in [0.1, 0.15) is 5.75 Å². The maximum Gasteiger partial charge on any atom is 0.124 e. The lowest BCUT2D eigenvalue weighted by Crippen LogP contribution is -2.29. The van der Waals surface area contributed by atoms with Gasteiger partial charge >= 0.3 is 0 Å². The SMILES string of the molecule is COc1ccc(C)cc1C(NN)c1cccc(Br)c1. The van der Waals surface area contributed by atoms with Gasteiger partial charge in [-0.3, -0.25) is 5.84 Å². The summed E-state index contributed by atoms with van der Waals surface area (Å²) in [6, 6.07) is 14.0. The lowest BCUT2D eigenvalue weighted by Gasteiger charge is -2.20. The monoisotopic (exact) mass is 320 g/mol. The van der Waals surface area contributed by atoms with Gasteiger partial charge in [-0.15, -0.1) is 0 Å². The molecule has 0 aliphatic rings. The number of hydrazine groups is 1. The summed E-state index contributed by atoms with van der Waals surface area (Å²) >= 11 is 3.48. The normalized spacial score (nSPS) is 12.2. The molecule has 2 rings (SSSR count). The predicted molar refractivity (Wildman–Crippen MR) is 81.0 cm³/mol. The Morgan fingerprint density at radius 2 is 2.00 bits per heavy atom. The second kappa shape index (κ2) is 6.19. The fourth-order valence-corrected chi connectivity index (χ4v) is 2.55. The first-order valence-electron chi connectivity index (χ1n) is 6.02. The first-order chi connectivity index (χ1) is 9.15. The van der Waals surface area contributed by atoms with Crippen molar-refractivity contribution in [1.29, 1.82) is 0 Å². The van der Waals surface area contributed by atoms with Gasteiger partial charge in [0, 0.05) is 10.0 Å². The van der Waals surface area contributed by atoms with Crippen LogP contribution in [0.2, 0.25) is 0 Å². The van der Waals surface area contributed by atoms with E-state index in [1.54, 1.807) is 7.11 Å². The van der Waals surface area contributed by atoms with Crippen LogP contribution in [0.1, 0.15) is 22.7 Å². The number of nitrogens with one attached hydrogen (secondary N) is 1. The number of ether oxygens (including phenoxy) is 1. The van der Waals surface area contributed by atoms with Gasteiger partial charge in [-0.2, -0.15) is 0 Å². The second-order valence-corrected chi connectivity index (χ2v) is 5.32. The highest BCUT2D eigenvalue weighted by Gasteiger charge is 2.17. The minimum atomic E-state index is -0.104. The molecule has 0 bridgehead atoms. The summed E-state index contributed by atoms with van der Waals surface area (Å²) < 4.78 is 6.45.